The smallest absolute Gasteiger partial charge is 0.105 e. The highest BCUT2D eigenvalue weighted by Crippen LogP contribution is 2.08. The molecule has 1 unspecified atom stereocenters. The predicted molar refractivity (Wildman–Crippen MR) is 37.6 cm³/mol. The van der Waals surface area contributed by atoms with E-state index in [0.717, 1.165) is 0 Å². The van der Waals surface area contributed by atoms with Crippen molar-refractivity contribution in [3.8, 4) is 0 Å². The molecule has 0 radical (unpaired) electrons. The summed E-state index contributed by atoms with van der Waals surface area (Å²) in [6, 6.07) is 0. The van der Waals surface area contributed by atoms with E-state index in [1.807, 2.05) is 12.4 Å². The molecular formula is C4H7IN2. The summed E-state index contributed by atoms with van der Waals surface area (Å²) in [6.45, 7) is 2.10. The molecule has 1 atom stereocenters. The van der Waals surface area contributed by atoms with Gasteiger partial charge in [0.1, 0.15) is 6.17 Å². The summed E-state index contributed by atoms with van der Waals surface area (Å²) >= 11 is 2.24. The van der Waals surface area contributed by atoms with Crippen LogP contribution in [0.3, 0.4) is 0 Å². The van der Waals surface area contributed by atoms with Crippen LogP contribution in [0.5, 0.6) is 0 Å². The molecule has 0 saturated carbocycles. The van der Waals surface area contributed by atoms with Crippen LogP contribution in [0.2, 0.25) is 0 Å². The average molecular weight is 210 g/mol. The molecule has 0 saturated heterocycles. The standard InChI is InChI=1S/C4H7IN2/c1-4-6-2-3-7(4)5/h2-4,6H,1H3. The summed E-state index contributed by atoms with van der Waals surface area (Å²) in [5, 5.41) is 3.11. The fourth-order valence-electron chi connectivity index (χ4n) is 0.454. The van der Waals surface area contributed by atoms with Gasteiger partial charge in [-0.05, 0) is 6.92 Å². The summed E-state index contributed by atoms with van der Waals surface area (Å²) in [6.07, 6.45) is 4.42. The maximum absolute atomic E-state index is 3.11. The van der Waals surface area contributed by atoms with Crippen molar-refractivity contribution in [3.63, 3.8) is 0 Å². The maximum atomic E-state index is 3.11. The van der Waals surface area contributed by atoms with Gasteiger partial charge >= 0.3 is 0 Å². The first-order chi connectivity index (χ1) is 3.30. The van der Waals surface area contributed by atoms with Gasteiger partial charge in [0.2, 0.25) is 0 Å². The van der Waals surface area contributed by atoms with E-state index in [2.05, 4.69) is 38.2 Å². The number of halogens is 1. The molecular weight excluding hydrogens is 203 g/mol. The normalized spacial score (nSPS) is 28.3. The Bertz CT molecular complexity index is 91.7. The van der Waals surface area contributed by atoms with Gasteiger partial charge in [-0.3, -0.25) is 3.11 Å². The minimum atomic E-state index is 0.473. The molecule has 1 rings (SSSR count). The van der Waals surface area contributed by atoms with E-state index in [4.69, 9.17) is 0 Å². The summed E-state index contributed by atoms with van der Waals surface area (Å²) in [5.41, 5.74) is 0. The molecule has 0 spiro atoms. The number of hydrogen-bond donors (Lipinski definition) is 1. The van der Waals surface area contributed by atoms with Crippen LogP contribution < -0.4 is 5.32 Å². The fraction of sp³-hybridized carbons (Fsp3) is 0.500. The number of nitrogens with one attached hydrogen (secondary N) is 1. The van der Waals surface area contributed by atoms with Crippen LogP contribution in [0.25, 0.3) is 0 Å². The highest BCUT2D eigenvalue weighted by atomic mass is 127. The Balaban J connectivity index is 2.45. The van der Waals surface area contributed by atoms with Crippen molar-refractivity contribution in [2.75, 3.05) is 0 Å². The largest absolute Gasteiger partial charge is 0.370 e. The second-order valence-electron chi connectivity index (χ2n) is 1.50. The molecule has 1 aliphatic heterocycles. The Morgan fingerprint density at radius 3 is 2.71 bits per heavy atom. The molecule has 3 heteroatoms. The minimum absolute atomic E-state index is 0.473. The lowest BCUT2D eigenvalue weighted by atomic mass is 10.6. The van der Waals surface area contributed by atoms with E-state index in [-0.39, 0.29) is 0 Å². The second-order valence-corrected chi connectivity index (χ2v) is 2.62. The third-order valence-electron chi connectivity index (χ3n) is 0.924. The topological polar surface area (TPSA) is 15.3 Å². The third kappa shape index (κ3) is 0.992. The molecule has 0 aromatic heterocycles. The quantitative estimate of drug-likeness (QED) is 0.475. The maximum Gasteiger partial charge on any atom is 0.105 e. The molecule has 2 nitrogen and oxygen atoms in total. The Hall–Kier alpha value is 0.0700. The van der Waals surface area contributed by atoms with Gasteiger partial charge in [-0.2, -0.15) is 0 Å². The molecule has 0 aromatic rings. The van der Waals surface area contributed by atoms with Gasteiger partial charge in [0.05, 0.1) is 22.9 Å². The van der Waals surface area contributed by atoms with Gasteiger partial charge in [-0.1, -0.05) is 0 Å². The van der Waals surface area contributed by atoms with Gasteiger partial charge in [0, 0.05) is 12.4 Å². The van der Waals surface area contributed by atoms with Gasteiger partial charge in [0.15, 0.2) is 0 Å². The van der Waals surface area contributed by atoms with Crippen LogP contribution in [0.1, 0.15) is 6.92 Å². The zero-order chi connectivity index (χ0) is 5.28. The number of hydrogen-bond acceptors (Lipinski definition) is 2. The molecule has 0 amide bonds. The number of nitrogens with zero attached hydrogens (tertiary/aromatic N) is 1. The molecule has 0 fully saturated rings. The zero-order valence-electron chi connectivity index (χ0n) is 4.06. The Labute approximate surface area is 57.1 Å². The molecule has 7 heavy (non-hydrogen) atoms. The van der Waals surface area contributed by atoms with Gasteiger partial charge in [0.25, 0.3) is 0 Å². The predicted octanol–water partition coefficient (Wildman–Crippen LogP) is 1.06. The van der Waals surface area contributed by atoms with Gasteiger partial charge < -0.3 is 5.32 Å². The van der Waals surface area contributed by atoms with Gasteiger partial charge in [-0.15, -0.1) is 0 Å². The summed E-state index contributed by atoms with van der Waals surface area (Å²) < 4.78 is 2.08. The van der Waals surface area contributed by atoms with Crippen LogP contribution in [0, 0.1) is 0 Å². The Kier molecular flexibility index (Phi) is 1.41. The van der Waals surface area contributed by atoms with Crippen LogP contribution in [-0.4, -0.2) is 9.28 Å². The first-order valence-corrected chi connectivity index (χ1v) is 3.14. The van der Waals surface area contributed by atoms with Crippen molar-refractivity contribution >= 4 is 22.9 Å². The monoisotopic (exact) mass is 210 g/mol. The summed E-state index contributed by atoms with van der Waals surface area (Å²) in [4.78, 5) is 0. The molecule has 0 aliphatic carbocycles. The second kappa shape index (κ2) is 1.90. The molecule has 1 heterocycles. The van der Waals surface area contributed by atoms with E-state index in [0.29, 0.717) is 6.17 Å². The van der Waals surface area contributed by atoms with Crippen molar-refractivity contribution < 1.29 is 0 Å². The van der Waals surface area contributed by atoms with Crippen LogP contribution >= 0.6 is 22.9 Å². The summed E-state index contributed by atoms with van der Waals surface area (Å²) in [7, 11) is 0. The average Bonchev–Trinajstić information content (AvgIpc) is 1.91. The number of rotatable bonds is 0. The molecule has 0 bridgehead atoms. The van der Waals surface area contributed by atoms with Crippen molar-refractivity contribution in [1.82, 2.24) is 8.43 Å². The molecule has 1 N–H and O–H groups in total. The van der Waals surface area contributed by atoms with Crippen molar-refractivity contribution in [2.24, 2.45) is 0 Å². The van der Waals surface area contributed by atoms with Crippen molar-refractivity contribution in [3.05, 3.63) is 12.4 Å². The van der Waals surface area contributed by atoms with Crippen LogP contribution in [0.4, 0.5) is 0 Å². The lowest BCUT2D eigenvalue weighted by Crippen LogP contribution is -2.24. The minimum Gasteiger partial charge on any atom is -0.370 e. The third-order valence-corrected chi connectivity index (χ3v) is 2.08. The van der Waals surface area contributed by atoms with Crippen molar-refractivity contribution in [1.29, 1.82) is 0 Å². The van der Waals surface area contributed by atoms with Crippen LogP contribution in [-0.2, 0) is 0 Å². The van der Waals surface area contributed by atoms with Crippen LogP contribution in [0.15, 0.2) is 12.4 Å². The molecule has 1 aliphatic rings. The Morgan fingerprint density at radius 1 is 1.86 bits per heavy atom. The molecule has 40 valence electrons. The van der Waals surface area contributed by atoms with Gasteiger partial charge in [-0.25, -0.2) is 0 Å². The first-order valence-electron chi connectivity index (χ1n) is 2.17. The highest BCUT2D eigenvalue weighted by Gasteiger charge is 2.07. The fourth-order valence-corrected chi connectivity index (χ4v) is 0.775. The SMILES string of the molecule is CC1NC=CN1I. The van der Waals surface area contributed by atoms with Crippen molar-refractivity contribution in [2.45, 2.75) is 13.1 Å². The first kappa shape index (κ1) is 5.21. The summed E-state index contributed by atoms with van der Waals surface area (Å²) in [5.74, 6) is 0. The van der Waals surface area contributed by atoms with E-state index in [9.17, 15) is 0 Å². The van der Waals surface area contributed by atoms with E-state index in [1.165, 1.54) is 0 Å². The zero-order valence-corrected chi connectivity index (χ0v) is 6.21. The lowest BCUT2D eigenvalue weighted by molar-refractivity contribution is 0.504. The van der Waals surface area contributed by atoms with E-state index >= 15 is 0 Å². The van der Waals surface area contributed by atoms with E-state index < -0.39 is 0 Å². The Morgan fingerprint density at radius 2 is 2.57 bits per heavy atom. The molecule has 0 aromatic carbocycles. The lowest BCUT2D eigenvalue weighted by Gasteiger charge is -2.11. The highest BCUT2D eigenvalue weighted by molar-refractivity contribution is 14.1. The van der Waals surface area contributed by atoms with E-state index in [1.54, 1.807) is 0 Å².